The van der Waals surface area contributed by atoms with Crippen LogP contribution >= 0.6 is 11.6 Å². The second-order valence-electron chi connectivity index (χ2n) is 5.51. The molecule has 1 heterocycles. The molecule has 0 radical (unpaired) electrons. The predicted molar refractivity (Wildman–Crippen MR) is 93.7 cm³/mol. The Bertz CT molecular complexity index is 906. The maximum Gasteiger partial charge on any atom is 0.261 e. The highest BCUT2D eigenvalue weighted by Crippen LogP contribution is 2.16. The van der Waals surface area contributed by atoms with E-state index in [1.165, 1.54) is 4.57 Å². The van der Waals surface area contributed by atoms with Crippen LogP contribution in [0.25, 0.3) is 10.9 Å². The minimum Gasteiger partial charge on any atom is -0.491 e. The standard InChI is InChI=1S/C18H17ClN2O3/c1-12-20-17-5-3-2-4-16(17)18(23)21(12)10-14(22)11-24-15-8-6-13(19)7-9-15/h2-9,14,22H,10-11H2,1H3. The van der Waals surface area contributed by atoms with Crippen molar-refractivity contribution >= 4 is 22.5 Å². The number of nitrogens with zero attached hydrogens (tertiary/aromatic N) is 2. The molecule has 0 aliphatic carbocycles. The minimum absolute atomic E-state index is 0.0698. The van der Waals surface area contributed by atoms with Crippen LogP contribution < -0.4 is 10.3 Å². The number of aliphatic hydroxyl groups is 1. The van der Waals surface area contributed by atoms with Gasteiger partial charge in [0.2, 0.25) is 0 Å². The first-order valence-electron chi connectivity index (χ1n) is 7.57. The third kappa shape index (κ3) is 3.58. The van der Waals surface area contributed by atoms with Crippen LogP contribution in [0.15, 0.2) is 53.3 Å². The van der Waals surface area contributed by atoms with E-state index in [1.807, 2.05) is 6.07 Å². The Balaban J connectivity index is 1.74. The number of benzene rings is 2. The normalized spacial score (nSPS) is 12.3. The van der Waals surface area contributed by atoms with E-state index >= 15 is 0 Å². The first-order chi connectivity index (χ1) is 11.5. The fourth-order valence-electron chi connectivity index (χ4n) is 2.48. The van der Waals surface area contributed by atoms with Gasteiger partial charge in [-0.25, -0.2) is 4.98 Å². The van der Waals surface area contributed by atoms with Crippen molar-refractivity contribution in [2.45, 2.75) is 19.6 Å². The van der Waals surface area contributed by atoms with Crippen LogP contribution in [0.1, 0.15) is 5.82 Å². The highest BCUT2D eigenvalue weighted by atomic mass is 35.5. The Morgan fingerprint density at radius 3 is 2.67 bits per heavy atom. The van der Waals surface area contributed by atoms with Crippen LogP contribution in [0.3, 0.4) is 0 Å². The first-order valence-corrected chi connectivity index (χ1v) is 7.95. The SMILES string of the molecule is Cc1nc2ccccc2c(=O)n1CC(O)COc1ccc(Cl)cc1. The number of para-hydroxylation sites is 1. The molecule has 1 N–H and O–H groups in total. The summed E-state index contributed by atoms with van der Waals surface area (Å²) in [5.41, 5.74) is 0.492. The van der Waals surface area contributed by atoms with E-state index in [0.717, 1.165) is 0 Å². The highest BCUT2D eigenvalue weighted by Gasteiger charge is 2.12. The average molecular weight is 345 g/mol. The summed E-state index contributed by atoms with van der Waals surface area (Å²) in [7, 11) is 0. The molecule has 0 bridgehead atoms. The Morgan fingerprint density at radius 1 is 1.21 bits per heavy atom. The molecule has 24 heavy (non-hydrogen) atoms. The largest absolute Gasteiger partial charge is 0.491 e. The number of aromatic nitrogens is 2. The van der Waals surface area contributed by atoms with Crippen molar-refractivity contribution in [1.29, 1.82) is 0 Å². The summed E-state index contributed by atoms with van der Waals surface area (Å²) < 4.78 is 6.99. The van der Waals surface area contributed by atoms with Crippen molar-refractivity contribution in [3.05, 3.63) is 69.7 Å². The Kier molecular flexibility index (Phi) is 4.83. The second kappa shape index (κ2) is 7.03. The third-order valence-corrected chi connectivity index (χ3v) is 3.95. The lowest BCUT2D eigenvalue weighted by atomic mass is 10.2. The lowest BCUT2D eigenvalue weighted by Crippen LogP contribution is -2.32. The van der Waals surface area contributed by atoms with E-state index in [0.29, 0.717) is 27.5 Å². The van der Waals surface area contributed by atoms with Gasteiger partial charge in [-0.1, -0.05) is 23.7 Å². The number of ether oxygens (including phenoxy) is 1. The molecule has 0 saturated heterocycles. The fourth-order valence-corrected chi connectivity index (χ4v) is 2.61. The summed E-state index contributed by atoms with van der Waals surface area (Å²) in [5.74, 6) is 1.17. The van der Waals surface area contributed by atoms with Crippen LogP contribution in [0.2, 0.25) is 5.02 Å². The molecule has 3 rings (SSSR count). The number of rotatable bonds is 5. The molecular weight excluding hydrogens is 328 g/mol. The minimum atomic E-state index is -0.833. The molecule has 1 unspecified atom stereocenters. The first kappa shape index (κ1) is 16.5. The summed E-state index contributed by atoms with van der Waals surface area (Å²) in [5, 5.41) is 11.4. The van der Waals surface area contributed by atoms with E-state index in [1.54, 1.807) is 49.4 Å². The van der Waals surface area contributed by atoms with E-state index < -0.39 is 6.10 Å². The van der Waals surface area contributed by atoms with Crippen molar-refractivity contribution in [2.75, 3.05) is 6.61 Å². The smallest absolute Gasteiger partial charge is 0.261 e. The topological polar surface area (TPSA) is 64.4 Å². The van der Waals surface area contributed by atoms with Crippen molar-refractivity contribution in [2.24, 2.45) is 0 Å². The fraction of sp³-hybridized carbons (Fsp3) is 0.222. The molecule has 1 aromatic heterocycles. The van der Waals surface area contributed by atoms with Gasteiger partial charge in [0.25, 0.3) is 5.56 Å². The number of hydrogen-bond donors (Lipinski definition) is 1. The van der Waals surface area contributed by atoms with Gasteiger partial charge in [0, 0.05) is 5.02 Å². The Hall–Kier alpha value is -2.37. The molecule has 2 aromatic carbocycles. The summed E-state index contributed by atoms with van der Waals surface area (Å²) in [6, 6.07) is 14.0. The van der Waals surface area contributed by atoms with Crippen LogP contribution in [-0.4, -0.2) is 27.4 Å². The van der Waals surface area contributed by atoms with E-state index in [-0.39, 0.29) is 18.7 Å². The van der Waals surface area contributed by atoms with E-state index in [4.69, 9.17) is 16.3 Å². The van der Waals surface area contributed by atoms with Crippen LogP contribution in [0, 0.1) is 6.92 Å². The molecule has 0 spiro atoms. The van der Waals surface area contributed by atoms with Crippen molar-refractivity contribution in [3.63, 3.8) is 0 Å². The van der Waals surface area contributed by atoms with Gasteiger partial charge in [0.1, 0.15) is 24.3 Å². The zero-order valence-electron chi connectivity index (χ0n) is 13.1. The Morgan fingerprint density at radius 2 is 1.92 bits per heavy atom. The molecule has 0 saturated carbocycles. The van der Waals surface area contributed by atoms with Gasteiger partial charge in [0.05, 0.1) is 17.4 Å². The number of aliphatic hydroxyl groups excluding tert-OH is 1. The molecule has 1 atom stereocenters. The van der Waals surface area contributed by atoms with Gasteiger partial charge in [-0.15, -0.1) is 0 Å². The molecule has 6 heteroatoms. The molecule has 0 fully saturated rings. The lowest BCUT2D eigenvalue weighted by Gasteiger charge is -2.16. The van der Waals surface area contributed by atoms with Crippen LogP contribution in [0.5, 0.6) is 5.75 Å². The van der Waals surface area contributed by atoms with Gasteiger partial charge in [-0.2, -0.15) is 0 Å². The van der Waals surface area contributed by atoms with Gasteiger partial charge in [-0.3, -0.25) is 9.36 Å². The number of fused-ring (bicyclic) bond motifs is 1. The molecule has 5 nitrogen and oxygen atoms in total. The molecule has 124 valence electrons. The van der Waals surface area contributed by atoms with Gasteiger partial charge in [-0.05, 0) is 43.3 Å². The summed E-state index contributed by atoms with van der Waals surface area (Å²) in [4.78, 5) is 17.0. The second-order valence-corrected chi connectivity index (χ2v) is 5.95. The molecular formula is C18H17ClN2O3. The van der Waals surface area contributed by atoms with Gasteiger partial charge < -0.3 is 9.84 Å². The van der Waals surface area contributed by atoms with Gasteiger partial charge in [0.15, 0.2) is 0 Å². The van der Waals surface area contributed by atoms with Crippen molar-refractivity contribution < 1.29 is 9.84 Å². The third-order valence-electron chi connectivity index (χ3n) is 3.70. The zero-order chi connectivity index (χ0) is 17.1. The monoisotopic (exact) mass is 344 g/mol. The molecule has 0 aliphatic heterocycles. The van der Waals surface area contributed by atoms with Crippen molar-refractivity contribution in [1.82, 2.24) is 9.55 Å². The average Bonchev–Trinajstić information content (AvgIpc) is 2.58. The number of halogens is 1. The lowest BCUT2D eigenvalue weighted by molar-refractivity contribution is 0.0909. The Labute approximate surface area is 144 Å². The summed E-state index contributed by atoms with van der Waals surface area (Å²) in [6.07, 6.45) is -0.833. The van der Waals surface area contributed by atoms with E-state index in [2.05, 4.69) is 4.98 Å². The number of hydrogen-bond acceptors (Lipinski definition) is 4. The van der Waals surface area contributed by atoms with E-state index in [9.17, 15) is 9.90 Å². The summed E-state index contributed by atoms with van der Waals surface area (Å²) >= 11 is 5.81. The predicted octanol–water partition coefficient (Wildman–Crippen LogP) is 2.80. The highest BCUT2D eigenvalue weighted by molar-refractivity contribution is 6.30. The quantitative estimate of drug-likeness (QED) is 0.773. The maximum absolute atomic E-state index is 12.6. The van der Waals surface area contributed by atoms with Gasteiger partial charge >= 0.3 is 0 Å². The zero-order valence-corrected chi connectivity index (χ0v) is 13.9. The van der Waals surface area contributed by atoms with Crippen molar-refractivity contribution in [3.8, 4) is 5.75 Å². The summed E-state index contributed by atoms with van der Waals surface area (Å²) in [6.45, 7) is 1.94. The van der Waals surface area contributed by atoms with Crippen LogP contribution in [0.4, 0.5) is 0 Å². The molecule has 3 aromatic rings. The maximum atomic E-state index is 12.6. The van der Waals surface area contributed by atoms with Crippen LogP contribution in [-0.2, 0) is 6.54 Å². The molecule has 0 amide bonds. The number of aryl methyl sites for hydroxylation is 1. The molecule has 0 aliphatic rings.